The Hall–Kier alpha value is -3.48. The highest BCUT2D eigenvalue weighted by molar-refractivity contribution is 5.92. The van der Waals surface area contributed by atoms with Crippen molar-refractivity contribution in [2.24, 2.45) is 0 Å². The Morgan fingerprint density at radius 2 is 1.74 bits per heavy atom. The van der Waals surface area contributed by atoms with Crippen LogP contribution < -0.4 is 15.5 Å². The Morgan fingerprint density at radius 3 is 2.41 bits per heavy atom. The lowest BCUT2D eigenvalue weighted by atomic mass is 10.2. The van der Waals surface area contributed by atoms with Crippen LogP contribution >= 0.6 is 0 Å². The summed E-state index contributed by atoms with van der Waals surface area (Å²) in [6.45, 7) is 0.290. The smallest absolute Gasteiger partial charge is 0.270 e. The number of aromatic nitrogens is 2. The fourth-order valence-electron chi connectivity index (χ4n) is 2.42. The summed E-state index contributed by atoms with van der Waals surface area (Å²) in [5.74, 6) is -0.113. The SMILES string of the molecule is CN(C)c1ccc(Nc2cc(C(=O)NCc3ccc(F)cc3)ncn2)cc1. The van der Waals surface area contributed by atoms with Gasteiger partial charge in [0.2, 0.25) is 0 Å². The second kappa shape index (κ2) is 8.27. The first-order chi connectivity index (χ1) is 13.0. The lowest BCUT2D eigenvalue weighted by Crippen LogP contribution is -2.24. The van der Waals surface area contributed by atoms with Gasteiger partial charge in [0, 0.05) is 38.1 Å². The van der Waals surface area contributed by atoms with Crippen molar-refractivity contribution in [3.63, 3.8) is 0 Å². The third-order valence-electron chi connectivity index (χ3n) is 3.92. The molecule has 0 unspecified atom stereocenters. The number of nitrogens with one attached hydrogen (secondary N) is 2. The molecule has 1 amide bonds. The summed E-state index contributed by atoms with van der Waals surface area (Å²) in [6.07, 6.45) is 1.34. The number of hydrogen-bond donors (Lipinski definition) is 2. The summed E-state index contributed by atoms with van der Waals surface area (Å²) in [4.78, 5) is 22.5. The number of benzene rings is 2. The molecule has 0 atom stereocenters. The standard InChI is InChI=1S/C20H20FN5O/c1-26(2)17-9-7-16(8-10-17)25-19-11-18(23-13-24-19)20(27)22-12-14-3-5-15(21)6-4-14/h3-11,13H,12H2,1-2H3,(H,22,27)(H,23,24,25). The molecular formula is C20H20FN5O. The van der Waals surface area contributed by atoms with Crippen LogP contribution in [-0.2, 0) is 6.54 Å². The van der Waals surface area contributed by atoms with Crippen LogP contribution in [0.2, 0.25) is 0 Å². The maximum atomic E-state index is 12.9. The third kappa shape index (κ3) is 5.01. The maximum Gasteiger partial charge on any atom is 0.270 e. The summed E-state index contributed by atoms with van der Waals surface area (Å²) in [5.41, 5.74) is 3.00. The molecule has 0 radical (unpaired) electrons. The lowest BCUT2D eigenvalue weighted by Gasteiger charge is -2.13. The van der Waals surface area contributed by atoms with Gasteiger partial charge in [-0.2, -0.15) is 0 Å². The number of carbonyl (C=O) groups is 1. The zero-order chi connectivity index (χ0) is 19.2. The molecule has 6 nitrogen and oxygen atoms in total. The van der Waals surface area contributed by atoms with E-state index in [2.05, 4.69) is 20.6 Å². The average molecular weight is 365 g/mol. The van der Waals surface area contributed by atoms with Gasteiger partial charge in [0.1, 0.15) is 23.7 Å². The molecule has 27 heavy (non-hydrogen) atoms. The van der Waals surface area contributed by atoms with E-state index in [1.54, 1.807) is 18.2 Å². The Kier molecular flexibility index (Phi) is 5.61. The van der Waals surface area contributed by atoms with Crippen molar-refractivity contribution >= 4 is 23.1 Å². The van der Waals surface area contributed by atoms with E-state index < -0.39 is 0 Å². The molecule has 0 saturated heterocycles. The molecule has 7 heteroatoms. The minimum absolute atomic E-state index is 0.250. The number of rotatable bonds is 6. The van der Waals surface area contributed by atoms with Crippen LogP contribution in [0.4, 0.5) is 21.6 Å². The van der Waals surface area contributed by atoms with Crippen molar-refractivity contribution in [1.29, 1.82) is 0 Å². The fraction of sp³-hybridized carbons (Fsp3) is 0.150. The van der Waals surface area contributed by atoms with Gasteiger partial charge in [-0.3, -0.25) is 4.79 Å². The monoisotopic (exact) mass is 365 g/mol. The minimum Gasteiger partial charge on any atom is -0.378 e. The number of hydrogen-bond acceptors (Lipinski definition) is 5. The van der Waals surface area contributed by atoms with E-state index in [1.807, 2.05) is 43.3 Å². The van der Waals surface area contributed by atoms with Gasteiger partial charge in [0.25, 0.3) is 5.91 Å². The van der Waals surface area contributed by atoms with E-state index in [0.717, 1.165) is 16.9 Å². The molecule has 0 spiro atoms. The van der Waals surface area contributed by atoms with E-state index in [-0.39, 0.29) is 24.0 Å². The second-order valence-corrected chi connectivity index (χ2v) is 6.16. The Morgan fingerprint density at radius 1 is 1.04 bits per heavy atom. The van der Waals surface area contributed by atoms with Gasteiger partial charge in [-0.1, -0.05) is 12.1 Å². The second-order valence-electron chi connectivity index (χ2n) is 6.16. The summed E-state index contributed by atoms with van der Waals surface area (Å²) < 4.78 is 12.9. The van der Waals surface area contributed by atoms with Gasteiger partial charge in [0.05, 0.1) is 0 Å². The zero-order valence-corrected chi connectivity index (χ0v) is 15.1. The van der Waals surface area contributed by atoms with Crippen molar-refractivity contribution < 1.29 is 9.18 Å². The molecule has 2 aromatic carbocycles. The highest BCUT2D eigenvalue weighted by atomic mass is 19.1. The number of anilines is 3. The number of nitrogens with zero attached hydrogens (tertiary/aromatic N) is 3. The number of amides is 1. The molecule has 1 heterocycles. The molecule has 0 bridgehead atoms. The normalized spacial score (nSPS) is 10.3. The largest absolute Gasteiger partial charge is 0.378 e. The Balaban J connectivity index is 1.63. The molecule has 3 rings (SSSR count). The highest BCUT2D eigenvalue weighted by Crippen LogP contribution is 2.19. The Bertz CT molecular complexity index is 910. The molecule has 0 fully saturated rings. The summed E-state index contributed by atoms with van der Waals surface area (Å²) in [7, 11) is 3.95. The molecule has 0 aliphatic rings. The van der Waals surface area contributed by atoms with Crippen LogP contribution in [-0.4, -0.2) is 30.0 Å². The van der Waals surface area contributed by atoms with Crippen LogP contribution in [0.25, 0.3) is 0 Å². The summed E-state index contributed by atoms with van der Waals surface area (Å²) in [5, 5.41) is 5.91. The van der Waals surface area contributed by atoms with Crippen LogP contribution in [0, 0.1) is 5.82 Å². The van der Waals surface area contributed by atoms with E-state index in [4.69, 9.17) is 0 Å². The molecule has 138 valence electrons. The molecule has 0 aliphatic carbocycles. The third-order valence-corrected chi connectivity index (χ3v) is 3.92. The van der Waals surface area contributed by atoms with Crippen LogP contribution in [0.15, 0.2) is 60.9 Å². The zero-order valence-electron chi connectivity index (χ0n) is 15.1. The molecule has 3 aromatic rings. The van der Waals surface area contributed by atoms with Crippen molar-refractivity contribution in [1.82, 2.24) is 15.3 Å². The van der Waals surface area contributed by atoms with Crippen LogP contribution in [0.5, 0.6) is 0 Å². The minimum atomic E-state index is -0.326. The average Bonchev–Trinajstić information content (AvgIpc) is 2.68. The summed E-state index contributed by atoms with van der Waals surface area (Å²) >= 11 is 0. The van der Waals surface area contributed by atoms with Gasteiger partial charge < -0.3 is 15.5 Å². The van der Waals surface area contributed by atoms with Crippen molar-refractivity contribution in [3.05, 3.63) is 78.0 Å². The van der Waals surface area contributed by atoms with Gasteiger partial charge in [-0.15, -0.1) is 0 Å². The van der Waals surface area contributed by atoms with E-state index >= 15 is 0 Å². The molecular weight excluding hydrogens is 345 g/mol. The van der Waals surface area contributed by atoms with Gasteiger partial charge in [0.15, 0.2) is 0 Å². The van der Waals surface area contributed by atoms with Gasteiger partial charge in [-0.05, 0) is 42.0 Å². The fourth-order valence-corrected chi connectivity index (χ4v) is 2.42. The number of halogens is 1. The van der Waals surface area contributed by atoms with Gasteiger partial charge >= 0.3 is 0 Å². The molecule has 0 saturated carbocycles. The highest BCUT2D eigenvalue weighted by Gasteiger charge is 2.09. The first-order valence-corrected chi connectivity index (χ1v) is 8.40. The lowest BCUT2D eigenvalue weighted by molar-refractivity contribution is 0.0946. The predicted octanol–water partition coefficient (Wildman–Crippen LogP) is 3.36. The predicted molar refractivity (Wildman–Crippen MR) is 104 cm³/mol. The topological polar surface area (TPSA) is 70.2 Å². The number of carbonyl (C=O) groups excluding carboxylic acids is 1. The van der Waals surface area contributed by atoms with E-state index in [1.165, 1.54) is 18.5 Å². The van der Waals surface area contributed by atoms with Crippen LogP contribution in [0.3, 0.4) is 0 Å². The first kappa shape index (κ1) is 18.3. The van der Waals surface area contributed by atoms with Crippen molar-refractivity contribution in [3.8, 4) is 0 Å². The Labute approximate surface area is 157 Å². The van der Waals surface area contributed by atoms with Crippen LogP contribution in [0.1, 0.15) is 16.1 Å². The quantitative estimate of drug-likeness (QED) is 0.701. The van der Waals surface area contributed by atoms with E-state index in [9.17, 15) is 9.18 Å². The van der Waals surface area contributed by atoms with Gasteiger partial charge in [-0.25, -0.2) is 14.4 Å². The molecule has 0 aliphatic heterocycles. The maximum absolute atomic E-state index is 12.9. The molecule has 2 N–H and O–H groups in total. The van der Waals surface area contributed by atoms with Crippen molar-refractivity contribution in [2.75, 3.05) is 24.3 Å². The first-order valence-electron chi connectivity index (χ1n) is 8.40. The summed E-state index contributed by atoms with van der Waals surface area (Å²) in [6, 6.07) is 15.4. The van der Waals surface area contributed by atoms with E-state index in [0.29, 0.717) is 5.82 Å². The molecule has 1 aromatic heterocycles. The van der Waals surface area contributed by atoms with Crippen molar-refractivity contribution in [2.45, 2.75) is 6.54 Å².